The first-order valence-electron chi connectivity index (χ1n) is 4.66. The van der Waals surface area contributed by atoms with E-state index < -0.39 is 5.97 Å². The number of aliphatic carboxylic acids is 1. The summed E-state index contributed by atoms with van der Waals surface area (Å²) in [4.78, 5) is 13.1. The summed E-state index contributed by atoms with van der Waals surface area (Å²) in [7, 11) is 1.66. The summed E-state index contributed by atoms with van der Waals surface area (Å²) in [5.41, 5.74) is 0. The highest BCUT2D eigenvalue weighted by Gasteiger charge is 2.23. The molecule has 7 heteroatoms. The number of hydrogen-bond acceptors (Lipinski definition) is 5. The molecule has 0 fully saturated rings. The zero-order valence-electron chi connectivity index (χ0n) is 8.57. The maximum atomic E-state index is 10.8. The maximum absolute atomic E-state index is 10.8. The number of aryl methyl sites for hydroxylation is 1. The SMILES string of the molecule is Cn1nnc(C(CC(=O)O)c2cccs2)n1. The molecule has 0 aliphatic carbocycles. The maximum Gasteiger partial charge on any atom is 0.304 e. The molecule has 0 bridgehead atoms. The number of aromatic nitrogens is 4. The van der Waals surface area contributed by atoms with Crippen LogP contribution in [0.1, 0.15) is 23.0 Å². The molecule has 16 heavy (non-hydrogen) atoms. The Balaban J connectivity index is 2.31. The van der Waals surface area contributed by atoms with Crippen molar-refractivity contribution in [2.75, 3.05) is 0 Å². The lowest BCUT2D eigenvalue weighted by atomic mass is 10.0. The van der Waals surface area contributed by atoms with Crippen LogP contribution >= 0.6 is 11.3 Å². The van der Waals surface area contributed by atoms with Crippen LogP contribution in [0.2, 0.25) is 0 Å². The predicted octanol–water partition coefficient (Wildman–Crippen LogP) is 0.878. The van der Waals surface area contributed by atoms with E-state index in [0.717, 1.165) is 4.88 Å². The van der Waals surface area contributed by atoms with E-state index in [0.29, 0.717) is 5.82 Å². The number of hydrogen-bond donors (Lipinski definition) is 1. The van der Waals surface area contributed by atoms with Gasteiger partial charge in [0.2, 0.25) is 0 Å². The van der Waals surface area contributed by atoms with E-state index in [1.54, 1.807) is 7.05 Å². The van der Waals surface area contributed by atoms with Crippen molar-refractivity contribution in [3.63, 3.8) is 0 Å². The lowest BCUT2D eigenvalue weighted by molar-refractivity contribution is -0.137. The molecule has 84 valence electrons. The fourth-order valence-electron chi connectivity index (χ4n) is 1.42. The van der Waals surface area contributed by atoms with Gasteiger partial charge in [0.15, 0.2) is 5.82 Å². The molecule has 0 spiro atoms. The number of rotatable bonds is 4. The van der Waals surface area contributed by atoms with Crippen LogP contribution in [0, 0.1) is 0 Å². The molecule has 0 radical (unpaired) electrons. The minimum atomic E-state index is -0.870. The number of carboxylic acid groups (broad SMARTS) is 1. The van der Waals surface area contributed by atoms with Gasteiger partial charge in [0.1, 0.15) is 0 Å². The lowest BCUT2D eigenvalue weighted by Crippen LogP contribution is -2.08. The number of tetrazole rings is 1. The molecule has 0 saturated carbocycles. The van der Waals surface area contributed by atoms with E-state index in [4.69, 9.17) is 5.11 Å². The van der Waals surface area contributed by atoms with Gasteiger partial charge in [-0.15, -0.1) is 21.5 Å². The first kappa shape index (κ1) is 10.7. The third-order valence-electron chi connectivity index (χ3n) is 2.10. The van der Waals surface area contributed by atoms with Gasteiger partial charge in [-0.25, -0.2) is 0 Å². The Hall–Kier alpha value is -1.76. The van der Waals surface area contributed by atoms with Crippen molar-refractivity contribution in [1.29, 1.82) is 0 Å². The van der Waals surface area contributed by atoms with E-state index in [2.05, 4.69) is 15.4 Å². The molecule has 2 aromatic heterocycles. The average Bonchev–Trinajstić information content (AvgIpc) is 2.84. The Morgan fingerprint density at radius 3 is 3.00 bits per heavy atom. The molecular formula is C9H10N4O2S. The van der Waals surface area contributed by atoms with E-state index in [1.807, 2.05) is 17.5 Å². The summed E-state index contributed by atoms with van der Waals surface area (Å²) in [6.45, 7) is 0. The third kappa shape index (κ3) is 2.25. The summed E-state index contributed by atoms with van der Waals surface area (Å²) in [6, 6.07) is 3.76. The first-order valence-corrected chi connectivity index (χ1v) is 5.54. The topological polar surface area (TPSA) is 80.9 Å². The summed E-state index contributed by atoms with van der Waals surface area (Å²) >= 11 is 1.50. The number of thiophene rings is 1. The Labute approximate surface area is 95.5 Å². The van der Waals surface area contributed by atoms with Crippen molar-refractivity contribution >= 4 is 17.3 Å². The van der Waals surface area contributed by atoms with Gasteiger partial charge in [-0.05, 0) is 16.7 Å². The van der Waals surface area contributed by atoms with E-state index in [-0.39, 0.29) is 12.3 Å². The molecule has 2 rings (SSSR count). The zero-order chi connectivity index (χ0) is 11.5. The van der Waals surface area contributed by atoms with Gasteiger partial charge in [-0.3, -0.25) is 4.79 Å². The molecule has 0 saturated heterocycles. The van der Waals surface area contributed by atoms with Crippen molar-refractivity contribution in [1.82, 2.24) is 20.2 Å². The summed E-state index contributed by atoms with van der Waals surface area (Å²) < 4.78 is 0. The van der Waals surface area contributed by atoms with Crippen molar-refractivity contribution in [2.45, 2.75) is 12.3 Å². The minimum Gasteiger partial charge on any atom is -0.481 e. The number of carbonyl (C=O) groups is 1. The Kier molecular flexibility index (Phi) is 2.95. The van der Waals surface area contributed by atoms with Crippen molar-refractivity contribution < 1.29 is 9.90 Å². The fraction of sp³-hybridized carbons (Fsp3) is 0.333. The third-order valence-corrected chi connectivity index (χ3v) is 3.09. The monoisotopic (exact) mass is 238 g/mol. The van der Waals surface area contributed by atoms with Crippen LogP contribution in [0.3, 0.4) is 0 Å². The van der Waals surface area contributed by atoms with Crippen LogP contribution in [-0.2, 0) is 11.8 Å². The normalized spacial score (nSPS) is 12.6. The molecule has 0 aromatic carbocycles. The smallest absolute Gasteiger partial charge is 0.304 e. The highest BCUT2D eigenvalue weighted by Crippen LogP contribution is 2.28. The summed E-state index contributed by atoms with van der Waals surface area (Å²) in [5, 5.41) is 22.4. The molecule has 6 nitrogen and oxygen atoms in total. The van der Waals surface area contributed by atoms with Gasteiger partial charge in [0, 0.05) is 4.88 Å². The second kappa shape index (κ2) is 4.40. The predicted molar refractivity (Wildman–Crippen MR) is 57.2 cm³/mol. The van der Waals surface area contributed by atoms with Crippen molar-refractivity contribution in [3.8, 4) is 0 Å². The zero-order valence-corrected chi connectivity index (χ0v) is 9.39. The van der Waals surface area contributed by atoms with E-state index in [9.17, 15) is 4.79 Å². The standard InChI is InChI=1S/C9H10N4O2S/c1-13-11-9(10-12-13)6(5-8(14)15)7-3-2-4-16-7/h2-4,6H,5H2,1H3,(H,14,15). The van der Waals surface area contributed by atoms with Gasteiger partial charge < -0.3 is 5.11 Å². The molecule has 0 aliphatic rings. The second-order valence-corrected chi connectivity index (χ2v) is 4.28. The minimum absolute atomic E-state index is 0.0216. The Morgan fingerprint density at radius 1 is 1.69 bits per heavy atom. The summed E-state index contributed by atoms with van der Waals surface area (Å²) in [5.74, 6) is -0.732. The largest absolute Gasteiger partial charge is 0.481 e. The Morgan fingerprint density at radius 2 is 2.50 bits per heavy atom. The van der Waals surface area contributed by atoms with Crippen LogP contribution in [-0.4, -0.2) is 31.3 Å². The van der Waals surface area contributed by atoms with Gasteiger partial charge in [-0.1, -0.05) is 6.07 Å². The van der Waals surface area contributed by atoms with Crippen LogP contribution in [0.5, 0.6) is 0 Å². The van der Waals surface area contributed by atoms with Crippen LogP contribution < -0.4 is 0 Å². The van der Waals surface area contributed by atoms with Crippen LogP contribution in [0.15, 0.2) is 17.5 Å². The highest BCUT2D eigenvalue weighted by atomic mass is 32.1. The van der Waals surface area contributed by atoms with E-state index >= 15 is 0 Å². The fourth-order valence-corrected chi connectivity index (χ4v) is 2.25. The highest BCUT2D eigenvalue weighted by molar-refractivity contribution is 7.10. The van der Waals surface area contributed by atoms with E-state index in [1.165, 1.54) is 16.1 Å². The van der Waals surface area contributed by atoms with Gasteiger partial charge in [-0.2, -0.15) is 4.80 Å². The van der Waals surface area contributed by atoms with Gasteiger partial charge >= 0.3 is 5.97 Å². The van der Waals surface area contributed by atoms with Crippen molar-refractivity contribution in [3.05, 3.63) is 28.2 Å². The first-order chi connectivity index (χ1) is 7.66. The molecule has 2 heterocycles. The average molecular weight is 238 g/mol. The second-order valence-electron chi connectivity index (χ2n) is 3.30. The van der Waals surface area contributed by atoms with Crippen LogP contribution in [0.25, 0.3) is 0 Å². The van der Waals surface area contributed by atoms with Gasteiger partial charge in [0.25, 0.3) is 0 Å². The van der Waals surface area contributed by atoms with Gasteiger partial charge in [0.05, 0.1) is 19.4 Å². The number of carboxylic acids is 1. The Bertz CT molecular complexity index is 479. The molecule has 1 atom stereocenters. The molecule has 1 unspecified atom stereocenters. The molecule has 0 aliphatic heterocycles. The lowest BCUT2D eigenvalue weighted by Gasteiger charge is -2.07. The summed E-state index contributed by atoms with van der Waals surface area (Å²) in [6.07, 6.45) is -0.0216. The van der Waals surface area contributed by atoms with Crippen molar-refractivity contribution in [2.24, 2.45) is 7.05 Å². The van der Waals surface area contributed by atoms with Crippen LogP contribution in [0.4, 0.5) is 0 Å². The molecule has 1 N–H and O–H groups in total. The molecule has 2 aromatic rings. The number of nitrogens with zero attached hydrogens (tertiary/aromatic N) is 4. The quantitative estimate of drug-likeness (QED) is 0.855. The molecule has 0 amide bonds. The molecular weight excluding hydrogens is 228 g/mol.